The molecule has 2 heteroatoms. The Morgan fingerprint density at radius 2 is 1.26 bits per heavy atom. The zero-order chi connectivity index (χ0) is 18.8. The van der Waals surface area contributed by atoms with E-state index in [0.717, 1.165) is 11.5 Å². The lowest BCUT2D eigenvalue weighted by molar-refractivity contribution is 0.415. The summed E-state index contributed by atoms with van der Waals surface area (Å²) in [5.74, 6) is 1.75. The van der Waals surface area contributed by atoms with Crippen LogP contribution >= 0.6 is 0 Å². The molecule has 1 aliphatic rings. The molecule has 0 unspecified atom stereocenters. The average molecular weight is 354 g/mol. The fourth-order valence-corrected chi connectivity index (χ4v) is 4.76. The second-order valence-corrected chi connectivity index (χ2v) is 7.74. The van der Waals surface area contributed by atoms with Crippen molar-refractivity contribution >= 4 is 21.5 Å². The van der Waals surface area contributed by atoms with Gasteiger partial charge in [-0.05, 0) is 68.1 Å². The van der Waals surface area contributed by atoms with Crippen LogP contribution in [0.3, 0.4) is 0 Å². The fraction of sp³-hybridized carbons (Fsp3) is 0.200. The normalized spacial score (nSPS) is 14.2. The lowest BCUT2D eigenvalue weighted by atomic mass is 9.79. The maximum Gasteiger partial charge on any atom is 0.119 e. The SMILES string of the molecule is COc1ccc2c3c(c4ccc(OC)cc4c2c1)C(C)(C)c1ccccc1-3. The van der Waals surface area contributed by atoms with Crippen LogP contribution < -0.4 is 9.47 Å². The van der Waals surface area contributed by atoms with Crippen LogP contribution in [0.2, 0.25) is 0 Å². The van der Waals surface area contributed by atoms with E-state index in [1.165, 1.54) is 43.8 Å². The van der Waals surface area contributed by atoms with Gasteiger partial charge in [0.1, 0.15) is 11.5 Å². The second-order valence-electron chi connectivity index (χ2n) is 7.74. The Labute approximate surface area is 159 Å². The number of ether oxygens (including phenoxy) is 2. The molecule has 0 aromatic heterocycles. The third kappa shape index (κ3) is 2.07. The van der Waals surface area contributed by atoms with E-state index < -0.39 is 0 Å². The monoisotopic (exact) mass is 354 g/mol. The molecule has 4 aromatic rings. The van der Waals surface area contributed by atoms with Gasteiger partial charge in [0.15, 0.2) is 0 Å². The highest BCUT2D eigenvalue weighted by Gasteiger charge is 2.38. The van der Waals surface area contributed by atoms with Crippen LogP contribution in [0.25, 0.3) is 32.7 Å². The molecular formula is C25H22O2. The lowest BCUT2D eigenvalue weighted by Gasteiger charge is -2.24. The molecule has 0 saturated carbocycles. The van der Waals surface area contributed by atoms with E-state index >= 15 is 0 Å². The van der Waals surface area contributed by atoms with Crippen LogP contribution in [-0.2, 0) is 5.41 Å². The van der Waals surface area contributed by atoms with Crippen LogP contribution in [0.4, 0.5) is 0 Å². The third-order valence-electron chi connectivity index (χ3n) is 6.03. The molecular weight excluding hydrogens is 332 g/mol. The first-order valence-electron chi connectivity index (χ1n) is 9.28. The molecule has 2 nitrogen and oxygen atoms in total. The Hall–Kier alpha value is -3.00. The molecule has 27 heavy (non-hydrogen) atoms. The van der Waals surface area contributed by atoms with Gasteiger partial charge in [0.25, 0.3) is 0 Å². The summed E-state index contributed by atoms with van der Waals surface area (Å²) < 4.78 is 11.1. The minimum atomic E-state index is -0.0487. The number of methoxy groups -OCH3 is 2. The quantitative estimate of drug-likeness (QED) is 0.392. The van der Waals surface area contributed by atoms with E-state index in [9.17, 15) is 0 Å². The molecule has 0 amide bonds. The van der Waals surface area contributed by atoms with Gasteiger partial charge in [0.2, 0.25) is 0 Å². The number of hydrogen-bond donors (Lipinski definition) is 0. The zero-order valence-electron chi connectivity index (χ0n) is 16.1. The van der Waals surface area contributed by atoms with Gasteiger partial charge in [0, 0.05) is 5.41 Å². The summed E-state index contributed by atoms with van der Waals surface area (Å²) in [5.41, 5.74) is 5.43. The summed E-state index contributed by atoms with van der Waals surface area (Å²) in [6.07, 6.45) is 0. The summed E-state index contributed by atoms with van der Waals surface area (Å²) in [6, 6.07) is 21.6. The smallest absolute Gasteiger partial charge is 0.119 e. The molecule has 4 aromatic carbocycles. The van der Waals surface area contributed by atoms with Gasteiger partial charge in [-0.25, -0.2) is 0 Å². The van der Waals surface area contributed by atoms with Gasteiger partial charge in [-0.2, -0.15) is 0 Å². The van der Waals surface area contributed by atoms with E-state index in [1.54, 1.807) is 14.2 Å². The molecule has 0 heterocycles. The number of hydrogen-bond acceptors (Lipinski definition) is 2. The molecule has 0 fully saturated rings. The van der Waals surface area contributed by atoms with Crippen molar-refractivity contribution in [3.05, 3.63) is 71.8 Å². The van der Waals surface area contributed by atoms with Gasteiger partial charge < -0.3 is 9.47 Å². The molecule has 5 rings (SSSR count). The van der Waals surface area contributed by atoms with Crippen LogP contribution in [-0.4, -0.2) is 14.2 Å². The van der Waals surface area contributed by atoms with Gasteiger partial charge in [-0.1, -0.05) is 50.2 Å². The largest absolute Gasteiger partial charge is 0.497 e. The molecule has 0 aliphatic heterocycles. The van der Waals surface area contributed by atoms with E-state index in [0.29, 0.717) is 0 Å². The van der Waals surface area contributed by atoms with Crippen LogP contribution in [0.15, 0.2) is 60.7 Å². The molecule has 0 radical (unpaired) electrons. The molecule has 0 spiro atoms. The van der Waals surface area contributed by atoms with E-state index in [4.69, 9.17) is 9.47 Å². The molecule has 0 atom stereocenters. The predicted octanol–water partition coefficient (Wildman–Crippen LogP) is 6.32. The van der Waals surface area contributed by atoms with Crippen LogP contribution in [0.5, 0.6) is 11.5 Å². The van der Waals surface area contributed by atoms with Gasteiger partial charge >= 0.3 is 0 Å². The van der Waals surface area contributed by atoms with Gasteiger partial charge in [0.05, 0.1) is 14.2 Å². The fourth-order valence-electron chi connectivity index (χ4n) is 4.76. The highest BCUT2D eigenvalue weighted by molar-refractivity contribution is 6.18. The molecule has 0 saturated heterocycles. The van der Waals surface area contributed by atoms with Crippen molar-refractivity contribution in [1.29, 1.82) is 0 Å². The first-order chi connectivity index (χ1) is 13.1. The molecule has 134 valence electrons. The minimum Gasteiger partial charge on any atom is -0.497 e. The third-order valence-corrected chi connectivity index (χ3v) is 6.03. The molecule has 0 N–H and O–H groups in total. The summed E-state index contributed by atoms with van der Waals surface area (Å²) in [6.45, 7) is 4.66. The maximum absolute atomic E-state index is 5.53. The number of fused-ring (bicyclic) bond motifs is 8. The van der Waals surface area contributed by atoms with E-state index in [-0.39, 0.29) is 5.41 Å². The lowest BCUT2D eigenvalue weighted by Crippen LogP contribution is -2.15. The van der Waals surface area contributed by atoms with Crippen LogP contribution in [0, 0.1) is 0 Å². The molecule has 1 aliphatic carbocycles. The Morgan fingerprint density at radius 1 is 0.667 bits per heavy atom. The molecule has 0 bridgehead atoms. The van der Waals surface area contributed by atoms with Gasteiger partial charge in [-0.15, -0.1) is 0 Å². The zero-order valence-corrected chi connectivity index (χ0v) is 16.1. The predicted molar refractivity (Wildman–Crippen MR) is 112 cm³/mol. The number of benzene rings is 4. The van der Waals surface area contributed by atoms with E-state index in [2.05, 4.69) is 74.5 Å². The summed E-state index contributed by atoms with van der Waals surface area (Å²) in [4.78, 5) is 0. The van der Waals surface area contributed by atoms with Crippen molar-refractivity contribution in [1.82, 2.24) is 0 Å². The minimum absolute atomic E-state index is 0.0487. The maximum atomic E-state index is 5.53. The first-order valence-corrected chi connectivity index (χ1v) is 9.28. The Morgan fingerprint density at radius 3 is 1.93 bits per heavy atom. The van der Waals surface area contributed by atoms with Crippen LogP contribution in [0.1, 0.15) is 25.0 Å². The van der Waals surface area contributed by atoms with Crippen molar-refractivity contribution in [2.24, 2.45) is 0 Å². The second kappa shape index (κ2) is 5.50. The highest BCUT2D eigenvalue weighted by Crippen LogP contribution is 2.54. The van der Waals surface area contributed by atoms with Gasteiger partial charge in [-0.3, -0.25) is 0 Å². The standard InChI is InChI=1S/C25H22O2/c1-25(2)22-8-6-5-7-19(22)23-17-11-9-15(26-3)13-20(17)21-14-16(27-4)10-12-18(21)24(23)25/h5-14H,1-4H3. The van der Waals surface area contributed by atoms with Crippen molar-refractivity contribution in [2.75, 3.05) is 14.2 Å². The van der Waals surface area contributed by atoms with Crippen molar-refractivity contribution in [3.63, 3.8) is 0 Å². The number of rotatable bonds is 2. The summed E-state index contributed by atoms with van der Waals surface area (Å²) in [5, 5.41) is 4.97. The van der Waals surface area contributed by atoms with E-state index in [1.807, 2.05) is 0 Å². The summed E-state index contributed by atoms with van der Waals surface area (Å²) >= 11 is 0. The first kappa shape index (κ1) is 16.2. The Kier molecular flexibility index (Phi) is 3.30. The Balaban J connectivity index is 2.05. The highest BCUT2D eigenvalue weighted by atomic mass is 16.5. The Bertz CT molecular complexity index is 1220. The van der Waals surface area contributed by atoms with Crippen molar-refractivity contribution in [3.8, 4) is 22.6 Å². The average Bonchev–Trinajstić information content (AvgIpc) is 2.95. The van der Waals surface area contributed by atoms with Crippen molar-refractivity contribution in [2.45, 2.75) is 19.3 Å². The topological polar surface area (TPSA) is 18.5 Å². The summed E-state index contributed by atoms with van der Waals surface area (Å²) in [7, 11) is 3.44. The van der Waals surface area contributed by atoms with Crippen molar-refractivity contribution < 1.29 is 9.47 Å².